The number of halogens is 2. The zero-order valence-corrected chi connectivity index (χ0v) is 20.5. The molecule has 172 valence electrons. The van der Waals surface area contributed by atoms with E-state index in [1.807, 2.05) is 36.4 Å². The van der Waals surface area contributed by atoms with Crippen molar-refractivity contribution in [3.05, 3.63) is 101 Å². The Balaban J connectivity index is 0.00000385. The summed E-state index contributed by atoms with van der Waals surface area (Å²) in [4.78, 5) is 39.4. The summed E-state index contributed by atoms with van der Waals surface area (Å²) in [5.74, 6) is -1.07. The predicted molar refractivity (Wildman–Crippen MR) is 136 cm³/mol. The molecule has 0 aliphatic heterocycles. The molecule has 3 N–H and O–H groups in total. The number of hydrogen-bond donors (Lipinski definition) is 2. The molecular weight excluding hydrogens is 506 g/mol. The van der Waals surface area contributed by atoms with E-state index in [-0.39, 0.29) is 29.3 Å². The third-order valence-corrected chi connectivity index (χ3v) is 5.26. The Morgan fingerprint density at radius 1 is 0.970 bits per heavy atom. The zero-order valence-electron chi connectivity index (χ0n) is 18.0. The summed E-state index contributed by atoms with van der Waals surface area (Å²) in [5.41, 5.74) is 8.09. The summed E-state index contributed by atoms with van der Waals surface area (Å²) < 4.78 is 0. The topological polar surface area (TPSA) is 92.5 Å². The van der Waals surface area contributed by atoms with Crippen LogP contribution in [0.5, 0.6) is 0 Å². The van der Waals surface area contributed by atoms with Crippen LogP contribution in [0.4, 0.5) is 5.69 Å². The van der Waals surface area contributed by atoms with Crippen LogP contribution in [0.15, 0.2) is 78.9 Å². The first-order chi connectivity index (χ1) is 15.4. The Hall–Kier alpha value is -3.00. The largest absolute Gasteiger partial charge is 0.346 e. The minimum absolute atomic E-state index is 0. The standard InChI is InChI=1S/C25H24ClN3O3.BrH/c1-29(23(30)16-28-25(32)21(27)14-17-8-4-2-5-9-17)22-13-12-19(26)15-20(22)24(31)18-10-6-3-7-11-18;/h2-13,15,21H,14,16,27H2,1H3,(H,28,32);1H/t21-;/m0./s1. The molecule has 6 nitrogen and oxygen atoms in total. The SMILES string of the molecule is Br.CN(C(=O)CNC(=O)[C@@H](N)Cc1ccccc1)c1ccc(Cl)cc1C(=O)c1ccccc1. The number of rotatable bonds is 8. The molecule has 0 saturated heterocycles. The highest BCUT2D eigenvalue weighted by Gasteiger charge is 2.21. The van der Waals surface area contributed by atoms with Gasteiger partial charge in [0.1, 0.15) is 0 Å². The molecule has 0 fully saturated rings. The van der Waals surface area contributed by atoms with E-state index in [1.54, 1.807) is 43.4 Å². The van der Waals surface area contributed by atoms with Gasteiger partial charge >= 0.3 is 0 Å². The first-order valence-corrected chi connectivity index (χ1v) is 10.5. The van der Waals surface area contributed by atoms with E-state index >= 15 is 0 Å². The smallest absolute Gasteiger partial charge is 0.246 e. The molecule has 0 saturated carbocycles. The molecule has 0 radical (unpaired) electrons. The Morgan fingerprint density at radius 2 is 1.58 bits per heavy atom. The van der Waals surface area contributed by atoms with E-state index < -0.39 is 17.9 Å². The van der Waals surface area contributed by atoms with Gasteiger partial charge in [-0.05, 0) is 30.2 Å². The second kappa shape index (κ2) is 12.3. The van der Waals surface area contributed by atoms with Crippen LogP contribution in [-0.2, 0) is 16.0 Å². The molecule has 1 atom stereocenters. The van der Waals surface area contributed by atoms with Crippen LogP contribution in [0.3, 0.4) is 0 Å². The molecule has 0 spiro atoms. The summed E-state index contributed by atoms with van der Waals surface area (Å²) in [6.07, 6.45) is 0.365. The number of nitrogens with one attached hydrogen (secondary N) is 1. The lowest BCUT2D eigenvalue weighted by atomic mass is 10.0. The third kappa shape index (κ3) is 6.99. The number of amides is 2. The highest BCUT2D eigenvalue weighted by molar-refractivity contribution is 8.93. The fourth-order valence-electron chi connectivity index (χ4n) is 3.24. The lowest BCUT2D eigenvalue weighted by molar-refractivity contribution is -0.125. The molecule has 0 unspecified atom stereocenters. The fraction of sp³-hybridized carbons (Fsp3) is 0.160. The number of carbonyl (C=O) groups excluding carboxylic acids is 3. The molecule has 0 aliphatic carbocycles. The molecule has 0 heterocycles. The Morgan fingerprint density at radius 3 is 2.21 bits per heavy atom. The van der Waals surface area contributed by atoms with Crippen molar-refractivity contribution < 1.29 is 14.4 Å². The number of carbonyl (C=O) groups is 3. The highest BCUT2D eigenvalue weighted by Crippen LogP contribution is 2.26. The van der Waals surface area contributed by atoms with Crippen molar-refractivity contribution >= 4 is 51.9 Å². The molecular formula is C25H25BrClN3O3. The number of anilines is 1. The number of hydrogen-bond acceptors (Lipinski definition) is 4. The summed E-state index contributed by atoms with van der Waals surface area (Å²) in [5, 5.41) is 2.96. The minimum Gasteiger partial charge on any atom is -0.346 e. The lowest BCUT2D eigenvalue weighted by Gasteiger charge is -2.21. The van der Waals surface area contributed by atoms with E-state index in [1.165, 1.54) is 11.0 Å². The van der Waals surface area contributed by atoms with Crippen LogP contribution in [0, 0.1) is 0 Å². The van der Waals surface area contributed by atoms with Crippen molar-refractivity contribution in [3.63, 3.8) is 0 Å². The molecule has 33 heavy (non-hydrogen) atoms. The van der Waals surface area contributed by atoms with E-state index in [9.17, 15) is 14.4 Å². The van der Waals surface area contributed by atoms with E-state index in [2.05, 4.69) is 5.32 Å². The van der Waals surface area contributed by atoms with Crippen LogP contribution in [0.2, 0.25) is 5.02 Å². The lowest BCUT2D eigenvalue weighted by Crippen LogP contribution is -2.46. The highest BCUT2D eigenvalue weighted by atomic mass is 79.9. The van der Waals surface area contributed by atoms with Crippen molar-refractivity contribution in [1.29, 1.82) is 0 Å². The van der Waals surface area contributed by atoms with Gasteiger partial charge in [0, 0.05) is 23.2 Å². The summed E-state index contributed by atoms with van der Waals surface area (Å²) >= 11 is 6.11. The van der Waals surface area contributed by atoms with Gasteiger partial charge in [0.25, 0.3) is 0 Å². The molecule has 8 heteroatoms. The molecule has 3 rings (SSSR count). The van der Waals surface area contributed by atoms with Gasteiger partial charge in [-0.15, -0.1) is 17.0 Å². The Bertz CT molecular complexity index is 1110. The van der Waals surface area contributed by atoms with Crippen LogP contribution in [-0.4, -0.2) is 37.2 Å². The fourth-order valence-corrected chi connectivity index (χ4v) is 3.41. The van der Waals surface area contributed by atoms with E-state index in [4.69, 9.17) is 17.3 Å². The summed E-state index contributed by atoms with van der Waals surface area (Å²) in [6.45, 7) is -0.251. The summed E-state index contributed by atoms with van der Waals surface area (Å²) in [6, 6.07) is 22.1. The molecule has 2 amide bonds. The Kier molecular flexibility index (Phi) is 9.78. The number of likely N-dealkylation sites (N-methyl/N-ethyl adjacent to an activating group) is 1. The quantitative estimate of drug-likeness (QED) is 0.433. The zero-order chi connectivity index (χ0) is 23.1. The maximum atomic E-state index is 13.0. The second-order valence-electron chi connectivity index (χ2n) is 7.32. The minimum atomic E-state index is -0.777. The van der Waals surface area contributed by atoms with Gasteiger partial charge < -0.3 is 16.0 Å². The maximum absolute atomic E-state index is 13.0. The number of ketones is 1. The monoisotopic (exact) mass is 529 g/mol. The predicted octanol–water partition coefficient (Wildman–Crippen LogP) is 3.80. The molecule has 3 aromatic rings. The van der Waals surface area contributed by atoms with Crippen molar-refractivity contribution in [2.75, 3.05) is 18.5 Å². The molecule has 0 bridgehead atoms. The Labute approximate surface area is 208 Å². The van der Waals surface area contributed by atoms with Crippen LogP contribution >= 0.6 is 28.6 Å². The van der Waals surface area contributed by atoms with Crippen molar-refractivity contribution in [2.24, 2.45) is 5.73 Å². The number of benzene rings is 3. The molecule has 3 aromatic carbocycles. The summed E-state index contributed by atoms with van der Waals surface area (Å²) in [7, 11) is 1.55. The normalized spacial score (nSPS) is 11.1. The third-order valence-electron chi connectivity index (χ3n) is 5.02. The molecule has 0 aromatic heterocycles. The van der Waals surface area contributed by atoms with Gasteiger partial charge in [0.05, 0.1) is 18.3 Å². The van der Waals surface area contributed by atoms with Crippen molar-refractivity contribution in [1.82, 2.24) is 5.32 Å². The van der Waals surface area contributed by atoms with Gasteiger partial charge in [-0.1, -0.05) is 72.3 Å². The van der Waals surface area contributed by atoms with Gasteiger partial charge in [-0.3, -0.25) is 14.4 Å². The first kappa shape index (κ1) is 26.3. The average Bonchev–Trinajstić information content (AvgIpc) is 2.82. The van der Waals surface area contributed by atoms with Crippen LogP contribution < -0.4 is 16.0 Å². The average molecular weight is 531 g/mol. The van der Waals surface area contributed by atoms with Gasteiger partial charge in [-0.25, -0.2) is 0 Å². The maximum Gasteiger partial charge on any atom is 0.246 e. The van der Waals surface area contributed by atoms with Gasteiger partial charge in [-0.2, -0.15) is 0 Å². The second-order valence-corrected chi connectivity index (χ2v) is 7.76. The van der Waals surface area contributed by atoms with Crippen LogP contribution in [0.25, 0.3) is 0 Å². The number of nitrogens with two attached hydrogens (primary N) is 1. The van der Waals surface area contributed by atoms with Crippen LogP contribution in [0.1, 0.15) is 21.5 Å². The van der Waals surface area contributed by atoms with E-state index in [0.29, 0.717) is 28.3 Å². The van der Waals surface area contributed by atoms with Crippen molar-refractivity contribution in [2.45, 2.75) is 12.5 Å². The van der Waals surface area contributed by atoms with Gasteiger partial charge in [0.2, 0.25) is 11.8 Å². The van der Waals surface area contributed by atoms with E-state index in [0.717, 1.165) is 5.56 Å². The van der Waals surface area contributed by atoms with Crippen molar-refractivity contribution in [3.8, 4) is 0 Å². The molecule has 0 aliphatic rings. The van der Waals surface area contributed by atoms with Gasteiger partial charge in [0.15, 0.2) is 5.78 Å². The first-order valence-electron chi connectivity index (χ1n) is 10.1. The number of nitrogens with zero attached hydrogens (tertiary/aromatic N) is 1.